The summed E-state index contributed by atoms with van der Waals surface area (Å²) >= 11 is 0. The van der Waals surface area contributed by atoms with Gasteiger partial charge in [-0.15, -0.1) is 0 Å². The van der Waals surface area contributed by atoms with Crippen molar-refractivity contribution < 1.29 is 48.3 Å². The summed E-state index contributed by atoms with van der Waals surface area (Å²) in [5.74, 6) is -6.54. The molecule has 8 amide bonds. The van der Waals surface area contributed by atoms with E-state index in [9.17, 15) is 48.3 Å². The van der Waals surface area contributed by atoms with E-state index >= 15 is 0 Å². The van der Waals surface area contributed by atoms with Gasteiger partial charge in [0.05, 0.1) is 5.69 Å². The van der Waals surface area contributed by atoms with Crippen LogP contribution in [-0.4, -0.2) is 114 Å². The molecular weight excluding hydrogens is 813 g/mol. The molecule has 1 heterocycles. The van der Waals surface area contributed by atoms with Crippen LogP contribution in [0.4, 0.5) is 10.5 Å². The number of hydrogen-bond donors (Lipinski definition) is 8. The number of ketones is 1. The van der Waals surface area contributed by atoms with Gasteiger partial charge in [0.15, 0.2) is 5.78 Å². The van der Waals surface area contributed by atoms with Gasteiger partial charge in [0.25, 0.3) is 0 Å². The van der Waals surface area contributed by atoms with E-state index in [4.69, 9.17) is 0 Å². The summed E-state index contributed by atoms with van der Waals surface area (Å²) in [6, 6.07) is 6.55. The van der Waals surface area contributed by atoms with Gasteiger partial charge in [-0.25, -0.2) is 9.59 Å². The normalized spacial score (nSPS) is 21.9. The number of hydrogen-bond acceptors (Lipinski definition) is 9. The minimum absolute atomic E-state index is 0.0350. The van der Waals surface area contributed by atoms with Crippen LogP contribution in [0.15, 0.2) is 54.6 Å². The molecule has 1 aliphatic heterocycles. The molecule has 2 aromatic rings. The van der Waals surface area contributed by atoms with Crippen molar-refractivity contribution in [3.05, 3.63) is 65.7 Å². The summed E-state index contributed by atoms with van der Waals surface area (Å²) < 4.78 is 0. The highest BCUT2D eigenvalue weighted by Crippen LogP contribution is 2.21. The van der Waals surface area contributed by atoms with Gasteiger partial charge in [-0.05, 0) is 61.1 Å². The molecule has 0 radical (unpaired) electrons. The van der Waals surface area contributed by atoms with Crippen molar-refractivity contribution in [1.29, 1.82) is 0 Å². The molecule has 63 heavy (non-hydrogen) atoms. The molecule has 3 rings (SSSR count). The number of anilines is 1. The number of para-hydroxylation sites is 1. The third kappa shape index (κ3) is 15.5. The van der Waals surface area contributed by atoms with Gasteiger partial charge >= 0.3 is 12.0 Å². The molecule has 0 bridgehead atoms. The second kappa shape index (κ2) is 24.9. The lowest BCUT2D eigenvalue weighted by molar-refractivity contribution is -0.143. The van der Waals surface area contributed by atoms with Crippen LogP contribution >= 0.6 is 0 Å². The smallest absolute Gasteiger partial charge is 0.326 e. The zero-order valence-electron chi connectivity index (χ0n) is 37.2. The van der Waals surface area contributed by atoms with E-state index < -0.39 is 102 Å². The highest BCUT2D eigenvalue weighted by atomic mass is 16.4. The molecule has 0 spiro atoms. The molecule has 8 N–H and O–H groups in total. The fourth-order valence-electron chi connectivity index (χ4n) is 7.18. The van der Waals surface area contributed by atoms with E-state index in [1.807, 2.05) is 13.8 Å². The first-order valence-electron chi connectivity index (χ1n) is 21.5. The number of nitrogens with zero attached hydrogens (tertiary/aromatic N) is 1. The highest BCUT2D eigenvalue weighted by Gasteiger charge is 2.38. The maximum atomic E-state index is 14.6. The average Bonchev–Trinajstić information content (AvgIpc) is 3.24. The third-order valence-electron chi connectivity index (χ3n) is 11.0. The maximum Gasteiger partial charge on any atom is 0.326 e. The lowest BCUT2D eigenvalue weighted by Crippen LogP contribution is -2.61. The van der Waals surface area contributed by atoms with E-state index in [1.54, 1.807) is 70.2 Å². The van der Waals surface area contributed by atoms with Gasteiger partial charge in [-0.1, -0.05) is 90.4 Å². The van der Waals surface area contributed by atoms with E-state index in [1.165, 1.54) is 19.2 Å². The molecular formula is C45H64N8O10. The van der Waals surface area contributed by atoms with Gasteiger partial charge in [0.1, 0.15) is 36.3 Å². The number of carbonyl (C=O) groups excluding carboxylic acids is 8. The number of benzene rings is 2. The van der Waals surface area contributed by atoms with Crippen LogP contribution in [0.3, 0.4) is 0 Å². The number of carboxylic acids is 1. The van der Waals surface area contributed by atoms with Crippen molar-refractivity contribution in [2.24, 2.45) is 17.8 Å². The van der Waals surface area contributed by atoms with Crippen molar-refractivity contribution in [3.63, 3.8) is 0 Å². The topological polar surface area (TPSA) is 261 Å². The molecule has 0 saturated carbocycles. The van der Waals surface area contributed by atoms with Crippen LogP contribution in [0.1, 0.15) is 96.0 Å². The molecule has 1 saturated heterocycles. The number of rotatable bonds is 15. The minimum atomic E-state index is -1.51. The number of amides is 8. The Kier molecular flexibility index (Phi) is 20.2. The molecule has 1 fully saturated rings. The SMILES string of the molecule is CC[C@H](C)[C@H](NC(=O)N[C@H]1CCCCNC(=O)[C@H](Cc2ccccc2)NC(=O)[C@@H](CC(=O)c2ccccc2NC=O)N(C)C(=O)C(CC(C)C)NC(=O)C(C(C)C)NC1=O)C(=O)O. The number of aliphatic carboxylic acids is 1. The van der Waals surface area contributed by atoms with Crippen LogP contribution in [-0.2, 0) is 40.0 Å². The first kappa shape index (κ1) is 51.0. The van der Waals surface area contributed by atoms with Crippen molar-refractivity contribution in [2.75, 3.05) is 18.9 Å². The summed E-state index contributed by atoms with van der Waals surface area (Å²) in [5.41, 5.74) is 0.973. The molecule has 7 atom stereocenters. The number of Topliss-reactive ketones (excluding diaryl/α,β-unsaturated/α-hetero) is 1. The van der Waals surface area contributed by atoms with E-state index in [2.05, 4.69) is 37.2 Å². The third-order valence-corrected chi connectivity index (χ3v) is 11.0. The number of nitrogens with one attached hydrogen (secondary N) is 7. The van der Waals surface area contributed by atoms with Gasteiger partial charge in [-0.2, -0.15) is 0 Å². The predicted molar refractivity (Wildman–Crippen MR) is 235 cm³/mol. The Morgan fingerprint density at radius 2 is 1.49 bits per heavy atom. The number of urea groups is 1. The van der Waals surface area contributed by atoms with E-state index in [0.717, 1.165) is 4.90 Å². The van der Waals surface area contributed by atoms with Gasteiger partial charge < -0.3 is 47.2 Å². The molecule has 1 aliphatic rings. The van der Waals surface area contributed by atoms with Crippen LogP contribution in [0.25, 0.3) is 0 Å². The van der Waals surface area contributed by atoms with Crippen LogP contribution in [0.2, 0.25) is 0 Å². The summed E-state index contributed by atoms with van der Waals surface area (Å²) in [6.45, 7) is 10.6. The molecule has 0 aliphatic carbocycles. The predicted octanol–water partition coefficient (Wildman–Crippen LogP) is 2.52. The molecule has 2 unspecified atom stereocenters. The fourth-order valence-corrected chi connectivity index (χ4v) is 7.18. The number of likely N-dealkylation sites (N-methyl/N-ethyl adjacent to an activating group) is 1. The average molecular weight is 877 g/mol. The van der Waals surface area contributed by atoms with Gasteiger partial charge in [0, 0.05) is 32.0 Å². The Bertz CT molecular complexity index is 1930. The van der Waals surface area contributed by atoms with Crippen molar-refractivity contribution in [1.82, 2.24) is 36.8 Å². The second-order valence-electron chi connectivity index (χ2n) is 16.7. The first-order valence-corrected chi connectivity index (χ1v) is 21.5. The standard InChI is InChI=1S/C45H64N8O10/c1-8-28(6)38(44(61)62)52-45(63)50-32-20-14-15-21-46-39(56)33(23-29-16-10-9-11-17-29)48-41(58)35(24-36(55)30-18-12-13-19-31(30)47-25-54)53(7)43(60)34(22-26(2)3)49-42(59)37(27(4)5)51-40(32)57/h9-13,16-19,25-28,32-35,37-38H,8,14-15,20-24H2,1-7H3,(H,46,56)(H,47,54)(H,48,58)(H,49,59)(H,51,57)(H,61,62)(H2,50,52,63)/t28-,32-,33-,34?,35+,37?,38-/m0/s1. The summed E-state index contributed by atoms with van der Waals surface area (Å²) in [5, 5.41) is 28.3. The Labute approximate surface area is 368 Å². The van der Waals surface area contributed by atoms with Crippen molar-refractivity contribution in [3.8, 4) is 0 Å². The maximum absolute atomic E-state index is 14.6. The number of carboxylic acid groups (broad SMARTS) is 1. The summed E-state index contributed by atoms with van der Waals surface area (Å²) in [6.07, 6.45) is 1.05. The molecule has 18 nitrogen and oxygen atoms in total. The van der Waals surface area contributed by atoms with Crippen molar-refractivity contribution in [2.45, 2.75) is 123 Å². The zero-order chi connectivity index (χ0) is 46.8. The summed E-state index contributed by atoms with van der Waals surface area (Å²) in [4.78, 5) is 123. The van der Waals surface area contributed by atoms with E-state index in [0.29, 0.717) is 24.8 Å². The van der Waals surface area contributed by atoms with Crippen LogP contribution in [0, 0.1) is 17.8 Å². The molecule has 18 heteroatoms. The number of carbonyl (C=O) groups is 9. The van der Waals surface area contributed by atoms with E-state index in [-0.39, 0.29) is 49.4 Å². The minimum Gasteiger partial charge on any atom is -0.480 e. The monoisotopic (exact) mass is 876 g/mol. The Morgan fingerprint density at radius 1 is 0.841 bits per heavy atom. The lowest BCUT2D eigenvalue weighted by Gasteiger charge is -2.33. The molecule has 344 valence electrons. The largest absolute Gasteiger partial charge is 0.480 e. The van der Waals surface area contributed by atoms with Crippen molar-refractivity contribution >= 4 is 59.4 Å². The lowest BCUT2D eigenvalue weighted by atomic mass is 9.97. The van der Waals surface area contributed by atoms with Crippen LogP contribution < -0.4 is 37.2 Å². The molecule has 2 aromatic carbocycles. The Hall–Kier alpha value is -6.33. The van der Waals surface area contributed by atoms with Crippen LogP contribution in [0.5, 0.6) is 0 Å². The Balaban J connectivity index is 2.10. The second-order valence-corrected chi connectivity index (χ2v) is 16.7. The summed E-state index contributed by atoms with van der Waals surface area (Å²) in [7, 11) is 1.32. The van der Waals surface area contributed by atoms with Gasteiger partial charge in [0.2, 0.25) is 35.9 Å². The molecule has 0 aromatic heterocycles. The first-order chi connectivity index (χ1) is 29.9. The zero-order valence-corrected chi connectivity index (χ0v) is 37.2. The quantitative estimate of drug-likeness (QED) is 0.0958. The van der Waals surface area contributed by atoms with Gasteiger partial charge in [-0.3, -0.25) is 33.6 Å². The highest BCUT2D eigenvalue weighted by molar-refractivity contribution is 6.06. The Morgan fingerprint density at radius 3 is 2.11 bits per heavy atom. The fraction of sp³-hybridized carbons (Fsp3) is 0.533.